The Hall–Kier alpha value is -1.40. The van der Waals surface area contributed by atoms with Crippen LogP contribution in [0.2, 0.25) is 0 Å². The SMILES string of the molecule is CN(C)C=Nc1nc(/C(=C\Cl)C(=O)O)cs1. The summed E-state index contributed by atoms with van der Waals surface area (Å²) >= 11 is 6.66. The third-order valence-corrected chi connectivity index (χ3v) is 2.47. The number of aromatic nitrogens is 1. The zero-order valence-corrected chi connectivity index (χ0v) is 10.3. The number of halogens is 1. The largest absolute Gasteiger partial charge is 0.478 e. The number of aliphatic imine (C=N–C) groups is 1. The summed E-state index contributed by atoms with van der Waals surface area (Å²) in [6.45, 7) is 0. The quantitative estimate of drug-likeness (QED) is 0.510. The fourth-order valence-corrected chi connectivity index (χ4v) is 1.69. The second-order valence-corrected chi connectivity index (χ2v) is 4.11. The van der Waals surface area contributed by atoms with Gasteiger partial charge in [-0.05, 0) is 0 Å². The van der Waals surface area contributed by atoms with E-state index in [9.17, 15) is 4.79 Å². The summed E-state index contributed by atoms with van der Waals surface area (Å²) in [5.74, 6) is -1.11. The fraction of sp³-hybridized carbons (Fsp3) is 0.222. The first-order valence-corrected chi connectivity index (χ1v) is 5.56. The Labute approximate surface area is 102 Å². The first-order valence-electron chi connectivity index (χ1n) is 4.24. The molecule has 5 nitrogen and oxygen atoms in total. The van der Waals surface area contributed by atoms with Crippen LogP contribution in [0.1, 0.15) is 5.69 Å². The summed E-state index contributed by atoms with van der Waals surface area (Å²) in [6, 6.07) is 0. The van der Waals surface area contributed by atoms with Crippen LogP contribution in [0.3, 0.4) is 0 Å². The van der Waals surface area contributed by atoms with E-state index in [1.54, 1.807) is 16.6 Å². The maximum atomic E-state index is 10.8. The Balaban J connectivity index is 2.91. The summed E-state index contributed by atoms with van der Waals surface area (Å²) in [6.07, 6.45) is 1.59. The van der Waals surface area contributed by atoms with Gasteiger partial charge in [-0.15, -0.1) is 11.3 Å². The van der Waals surface area contributed by atoms with Crippen molar-refractivity contribution in [3.8, 4) is 0 Å². The van der Waals surface area contributed by atoms with Crippen molar-refractivity contribution in [3.05, 3.63) is 16.6 Å². The Morgan fingerprint density at radius 2 is 2.38 bits per heavy atom. The Kier molecular flexibility index (Phi) is 4.45. The predicted octanol–water partition coefficient (Wildman–Crippen LogP) is 2.03. The molecule has 1 rings (SSSR count). The van der Waals surface area contributed by atoms with E-state index in [-0.39, 0.29) is 5.57 Å². The van der Waals surface area contributed by atoms with E-state index in [0.717, 1.165) is 5.54 Å². The van der Waals surface area contributed by atoms with Gasteiger partial charge in [-0.3, -0.25) is 0 Å². The lowest BCUT2D eigenvalue weighted by Gasteiger charge is -1.99. The average Bonchev–Trinajstić information content (AvgIpc) is 2.64. The van der Waals surface area contributed by atoms with Crippen molar-refractivity contribution in [2.45, 2.75) is 0 Å². The molecule has 1 aromatic heterocycles. The Morgan fingerprint density at radius 3 is 2.88 bits per heavy atom. The van der Waals surface area contributed by atoms with Crippen LogP contribution in [0.4, 0.5) is 5.13 Å². The molecular weight excluding hydrogens is 250 g/mol. The van der Waals surface area contributed by atoms with E-state index in [1.165, 1.54) is 11.3 Å². The van der Waals surface area contributed by atoms with Gasteiger partial charge in [-0.25, -0.2) is 14.8 Å². The molecule has 0 aliphatic rings. The zero-order valence-electron chi connectivity index (χ0n) is 8.72. The molecule has 7 heteroatoms. The van der Waals surface area contributed by atoms with Crippen LogP contribution < -0.4 is 0 Å². The van der Waals surface area contributed by atoms with E-state index in [4.69, 9.17) is 16.7 Å². The second-order valence-electron chi connectivity index (χ2n) is 3.05. The maximum absolute atomic E-state index is 10.8. The molecule has 0 spiro atoms. The van der Waals surface area contributed by atoms with Gasteiger partial charge in [0.2, 0.25) is 5.13 Å². The molecule has 0 atom stereocenters. The molecule has 0 aliphatic carbocycles. The molecule has 86 valence electrons. The Morgan fingerprint density at radius 1 is 1.69 bits per heavy atom. The monoisotopic (exact) mass is 259 g/mol. The highest BCUT2D eigenvalue weighted by molar-refractivity contribution is 7.13. The number of hydrogen-bond acceptors (Lipinski definition) is 4. The van der Waals surface area contributed by atoms with Crippen molar-refractivity contribution < 1.29 is 9.90 Å². The summed E-state index contributed by atoms with van der Waals surface area (Å²) in [4.78, 5) is 20.6. The molecule has 0 amide bonds. The number of carbonyl (C=O) groups is 1. The first kappa shape index (κ1) is 12.7. The van der Waals surface area contributed by atoms with Gasteiger partial charge in [0.15, 0.2) is 0 Å². The molecule has 0 saturated carbocycles. The number of rotatable bonds is 4. The van der Waals surface area contributed by atoms with Crippen LogP contribution in [-0.4, -0.2) is 41.4 Å². The maximum Gasteiger partial charge on any atom is 0.338 e. The smallest absolute Gasteiger partial charge is 0.338 e. The lowest BCUT2D eigenvalue weighted by molar-refractivity contribution is -0.130. The molecule has 0 radical (unpaired) electrons. The lowest BCUT2D eigenvalue weighted by Crippen LogP contribution is -2.06. The van der Waals surface area contributed by atoms with Crippen molar-refractivity contribution in [1.82, 2.24) is 9.88 Å². The number of thiazole rings is 1. The van der Waals surface area contributed by atoms with Crippen LogP contribution in [-0.2, 0) is 4.79 Å². The minimum atomic E-state index is -1.11. The highest BCUT2D eigenvalue weighted by Gasteiger charge is 2.13. The fourth-order valence-electron chi connectivity index (χ4n) is 0.824. The van der Waals surface area contributed by atoms with Crippen LogP contribution >= 0.6 is 22.9 Å². The van der Waals surface area contributed by atoms with Crippen molar-refractivity contribution in [1.29, 1.82) is 0 Å². The molecule has 16 heavy (non-hydrogen) atoms. The van der Waals surface area contributed by atoms with Gasteiger partial charge in [-0.2, -0.15) is 0 Å². The highest BCUT2D eigenvalue weighted by atomic mass is 35.5. The molecular formula is C9H10ClN3O2S. The van der Waals surface area contributed by atoms with E-state index < -0.39 is 5.97 Å². The zero-order chi connectivity index (χ0) is 12.1. The molecule has 0 saturated heterocycles. The van der Waals surface area contributed by atoms with Gasteiger partial charge in [0.25, 0.3) is 0 Å². The second kappa shape index (κ2) is 5.62. The number of aliphatic carboxylic acids is 1. The summed E-state index contributed by atoms with van der Waals surface area (Å²) < 4.78 is 0. The van der Waals surface area contributed by atoms with Crippen LogP contribution in [0.15, 0.2) is 15.9 Å². The van der Waals surface area contributed by atoms with Crippen molar-refractivity contribution in [2.75, 3.05) is 14.1 Å². The van der Waals surface area contributed by atoms with E-state index in [0.29, 0.717) is 10.8 Å². The molecule has 0 bridgehead atoms. The molecule has 0 aliphatic heterocycles. The molecule has 1 N–H and O–H groups in total. The van der Waals surface area contributed by atoms with Crippen LogP contribution in [0.5, 0.6) is 0 Å². The Bertz CT molecular complexity index is 440. The van der Waals surface area contributed by atoms with Crippen molar-refractivity contribution >= 4 is 46.0 Å². The molecule has 0 aromatic carbocycles. The van der Waals surface area contributed by atoms with Gasteiger partial charge in [0.05, 0.1) is 17.6 Å². The van der Waals surface area contributed by atoms with Gasteiger partial charge in [-0.1, -0.05) is 11.6 Å². The van der Waals surface area contributed by atoms with Gasteiger partial charge >= 0.3 is 5.97 Å². The van der Waals surface area contributed by atoms with Crippen molar-refractivity contribution in [2.24, 2.45) is 4.99 Å². The highest BCUT2D eigenvalue weighted by Crippen LogP contribution is 2.24. The average molecular weight is 260 g/mol. The van der Waals surface area contributed by atoms with Crippen LogP contribution in [0.25, 0.3) is 5.57 Å². The third-order valence-electron chi connectivity index (χ3n) is 1.51. The van der Waals surface area contributed by atoms with Gasteiger partial charge in [0, 0.05) is 25.0 Å². The molecule has 0 unspecified atom stereocenters. The van der Waals surface area contributed by atoms with Gasteiger partial charge < -0.3 is 10.0 Å². The van der Waals surface area contributed by atoms with E-state index in [1.807, 2.05) is 14.1 Å². The summed E-state index contributed by atoms with van der Waals surface area (Å²) in [5, 5.41) is 10.9. The molecule has 0 fully saturated rings. The van der Waals surface area contributed by atoms with E-state index in [2.05, 4.69) is 9.98 Å². The standard InChI is InChI=1S/C9H10ClN3O2S/c1-13(2)5-11-9-12-7(4-16-9)6(3-10)8(14)15/h3-5H,1-2H3,(H,14,15)/b6-3+,11-5?. The summed E-state index contributed by atoms with van der Waals surface area (Å²) in [7, 11) is 3.67. The number of carboxylic acid groups (broad SMARTS) is 1. The van der Waals surface area contributed by atoms with Crippen molar-refractivity contribution in [3.63, 3.8) is 0 Å². The number of hydrogen-bond donors (Lipinski definition) is 1. The minimum Gasteiger partial charge on any atom is -0.478 e. The molecule has 1 heterocycles. The molecule has 1 aromatic rings. The van der Waals surface area contributed by atoms with Crippen LogP contribution in [0, 0.1) is 0 Å². The van der Waals surface area contributed by atoms with E-state index >= 15 is 0 Å². The minimum absolute atomic E-state index is 0.0378. The number of nitrogens with zero attached hydrogens (tertiary/aromatic N) is 3. The topological polar surface area (TPSA) is 65.8 Å². The van der Waals surface area contributed by atoms with Gasteiger partial charge in [0.1, 0.15) is 0 Å². The normalized spacial score (nSPS) is 12.1. The number of carboxylic acids is 1. The predicted molar refractivity (Wildman–Crippen MR) is 65.4 cm³/mol. The first-order chi connectivity index (χ1) is 7.54. The third kappa shape index (κ3) is 3.32. The summed E-state index contributed by atoms with van der Waals surface area (Å²) in [5.41, 5.74) is 1.28. The lowest BCUT2D eigenvalue weighted by atomic mass is 10.2.